The summed E-state index contributed by atoms with van der Waals surface area (Å²) in [6.07, 6.45) is 1.89. The second-order valence-electron chi connectivity index (χ2n) is 8.99. The minimum Gasteiger partial charge on any atom is -0.490 e. The van der Waals surface area contributed by atoms with Gasteiger partial charge in [-0.15, -0.1) is 0 Å². The fourth-order valence-corrected chi connectivity index (χ4v) is 4.50. The molecular formula is C26H31FN4O5. The summed E-state index contributed by atoms with van der Waals surface area (Å²) in [5, 5.41) is 7.95. The Hall–Kier alpha value is -3.66. The van der Waals surface area contributed by atoms with Crippen molar-refractivity contribution in [3.05, 3.63) is 53.8 Å². The SMILES string of the molecule is CCCNC(=O)C[C@H]1CC[C@H]2[C@@H](COc3ccc(NC(=O)Nc4ccccc4F)cc3C(=O)N2C)O1. The molecule has 2 aromatic carbocycles. The van der Waals surface area contributed by atoms with Gasteiger partial charge in [0.15, 0.2) is 0 Å². The van der Waals surface area contributed by atoms with E-state index in [1.165, 1.54) is 18.2 Å². The van der Waals surface area contributed by atoms with E-state index in [9.17, 15) is 18.8 Å². The van der Waals surface area contributed by atoms with Gasteiger partial charge in [-0.1, -0.05) is 19.1 Å². The summed E-state index contributed by atoms with van der Waals surface area (Å²) in [4.78, 5) is 39.5. The van der Waals surface area contributed by atoms with E-state index in [1.807, 2.05) is 6.92 Å². The van der Waals surface area contributed by atoms with Crippen LogP contribution in [-0.4, -0.2) is 61.2 Å². The molecule has 4 rings (SSSR count). The lowest BCUT2D eigenvalue weighted by molar-refractivity contribution is -0.134. The molecule has 2 aliphatic heterocycles. The molecule has 3 N–H and O–H groups in total. The number of nitrogens with zero attached hydrogens (tertiary/aromatic N) is 1. The number of hydrogen-bond donors (Lipinski definition) is 3. The predicted molar refractivity (Wildman–Crippen MR) is 133 cm³/mol. The number of carbonyl (C=O) groups excluding carboxylic acids is 3. The first-order valence-electron chi connectivity index (χ1n) is 12.1. The van der Waals surface area contributed by atoms with Gasteiger partial charge in [0.05, 0.1) is 29.8 Å². The zero-order valence-electron chi connectivity index (χ0n) is 20.4. The highest BCUT2D eigenvalue weighted by molar-refractivity contribution is 6.02. The average molecular weight is 499 g/mol. The number of hydrogen-bond acceptors (Lipinski definition) is 5. The number of benzene rings is 2. The van der Waals surface area contributed by atoms with Gasteiger partial charge >= 0.3 is 6.03 Å². The molecule has 4 amide bonds. The van der Waals surface area contributed by atoms with Crippen molar-refractivity contribution in [2.45, 2.75) is 50.9 Å². The number of urea groups is 1. The van der Waals surface area contributed by atoms with Crippen molar-refractivity contribution < 1.29 is 28.2 Å². The van der Waals surface area contributed by atoms with E-state index in [1.54, 1.807) is 36.2 Å². The summed E-state index contributed by atoms with van der Waals surface area (Å²) < 4.78 is 26.0. The number of para-hydroxylation sites is 1. The number of rotatable bonds is 6. The van der Waals surface area contributed by atoms with Crippen molar-refractivity contribution in [3.8, 4) is 5.75 Å². The predicted octanol–water partition coefficient (Wildman–Crippen LogP) is 3.77. The Morgan fingerprint density at radius 1 is 1.14 bits per heavy atom. The first-order chi connectivity index (χ1) is 17.4. The molecule has 0 aliphatic carbocycles. The fraction of sp³-hybridized carbons (Fsp3) is 0.423. The van der Waals surface area contributed by atoms with Crippen molar-refractivity contribution in [1.82, 2.24) is 10.2 Å². The summed E-state index contributed by atoms with van der Waals surface area (Å²) >= 11 is 0. The molecular weight excluding hydrogens is 467 g/mol. The molecule has 192 valence electrons. The number of ether oxygens (including phenoxy) is 2. The van der Waals surface area contributed by atoms with E-state index in [0.717, 1.165) is 6.42 Å². The number of likely N-dealkylation sites (N-methyl/N-ethyl adjacent to an activating group) is 1. The molecule has 0 spiro atoms. The van der Waals surface area contributed by atoms with Gasteiger partial charge in [0.2, 0.25) is 5.91 Å². The van der Waals surface area contributed by atoms with Crippen LogP contribution in [0.25, 0.3) is 0 Å². The molecule has 2 aliphatic rings. The molecule has 0 unspecified atom stereocenters. The minimum atomic E-state index is -0.637. The third-order valence-electron chi connectivity index (χ3n) is 6.38. The Bertz CT molecular complexity index is 1130. The Balaban J connectivity index is 1.43. The number of amides is 4. The number of anilines is 2. The third kappa shape index (κ3) is 5.93. The minimum absolute atomic E-state index is 0.0408. The van der Waals surface area contributed by atoms with Crippen molar-refractivity contribution in [2.75, 3.05) is 30.8 Å². The van der Waals surface area contributed by atoms with Gasteiger partial charge in [-0.25, -0.2) is 9.18 Å². The molecule has 0 bridgehead atoms. The number of halogens is 1. The molecule has 2 heterocycles. The molecule has 2 aromatic rings. The van der Waals surface area contributed by atoms with Crippen LogP contribution in [0.3, 0.4) is 0 Å². The Morgan fingerprint density at radius 3 is 2.72 bits per heavy atom. The van der Waals surface area contributed by atoms with E-state index in [4.69, 9.17) is 9.47 Å². The zero-order chi connectivity index (χ0) is 25.7. The van der Waals surface area contributed by atoms with E-state index >= 15 is 0 Å². The van der Waals surface area contributed by atoms with Crippen molar-refractivity contribution >= 4 is 29.2 Å². The molecule has 0 radical (unpaired) electrons. The average Bonchev–Trinajstić information content (AvgIpc) is 2.86. The lowest BCUT2D eigenvalue weighted by atomic mass is 9.94. The lowest BCUT2D eigenvalue weighted by Crippen LogP contribution is -2.54. The highest BCUT2D eigenvalue weighted by Crippen LogP contribution is 2.32. The van der Waals surface area contributed by atoms with Gasteiger partial charge in [0.1, 0.15) is 24.3 Å². The van der Waals surface area contributed by atoms with Crippen LogP contribution >= 0.6 is 0 Å². The van der Waals surface area contributed by atoms with E-state index in [0.29, 0.717) is 36.4 Å². The second-order valence-corrected chi connectivity index (χ2v) is 8.99. The molecule has 0 saturated carbocycles. The van der Waals surface area contributed by atoms with Crippen molar-refractivity contribution in [1.29, 1.82) is 0 Å². The van der Waals surface area contributed by atoms with Crippen molar-refractivity contribution in [3.63, 3.8) is 0 Å². The third-order valence-corrected chi connectivity index (χ3v) is 6.38. The van der Waals surface area contributed by atoms with Crippen molar-refractivity contribution in [2.24, 2.45) is 0 Å². The highest BCUT2D eigenvalue weighted by Gasteiger charge is 2.39. The first-order valence-corrected chi connectivity index (χ1v) is 12.1. The van der Waals surface area contributed by atoms with Crippen LogP contribution in [0.2, 0.25) is 0 Å². The molecule has 9 nitrogen and oxygen atoms in total. The van der Waals surface area contributed by atoms with Gasteiger partial charge in [0.25, 0.3) is 5.91 Å². The smallest absolute Gasteiger partial charge is 0.323 e. The van der Waals surface area contributed by atoms with Gasteiger partial charge in [-0.05, 0) is 49.6 Å². The summed E-state index contributed by atoms with van der Waals surface area (Å²) in [5.41, 5.74) is 0.716. The quantitative estimate of drug-likeness (QED) is 0.562. The molecule has 3 atom stereocenters. The lowest BCUT2D eigenvalue weighted by Gasteiger charge is -2.42. The van der Waals surface area contributed by atoms with E-state index in [-0.39, 0.29) is 48.8 Å². The van der Waals surface area contributed by atoms with Gasteiger partial charge in [-0.2, -0.15) is 0 Å². The summed E-state index contributed by atoms with van der Waals surface area (Å²) in [7, 11) is 1.72. The van der Waals surface area contributed by atoms with Crippen LogP contribution in [0.15, 0.2) is 42.5 Å². The monoisotopic (exact) mass is 498 g/mol. The summed E-state index contributed by atoms with van der Waals surface area (Å²) in [6.45, 7) is 2.86. The summed E-state index contributed by atoms with van der Waals surface area (Å²) in [6, 6.07) is 9.76. The maximum Gasteiger partial charge on any atom is 0.323 e. The van der Waals surface area contributed by atoms with Gasteiger partial charge < -0.3 is 30.3 Å². The van der Waals surface area contributed by atoms with Crippen LogP contribution in [-0.2, 0) is 9.53 Å². The molecule has 1 saturated heterocycles. The van der Waals surface area contributed by atoms with E-state index < -0.39 is 11.8 Å². The van der Waals surface area contributed by atoms with Crippen LogP contribution < -0.4 is 20.7 Å². The second kappa shape index (κ2) is 11.4. The first kappa shape index (κ1) is 25.4. The maximum absolute atomic E-state index is 13.8. The maximum atomic E-state index is 13.8. The topological polar surface area (TPSA) is 109 Å². The highest BCUT2D eigenvalue weighted by atomic mass is 19.1. The Morgan fingerprint density at radius 2 is 1.94 bits per heavy atom. The Labute approximate surface area is 209 Å². The standard InChI is InChI=1S/C26H31FN4O5/c1-3-12-28-24(32)14-17-9-10-21-23(36-17)15-35-22-11-8-16(13-18(22)25(33)31(21)2)29-26(34)30-20-7-5-4-6-19(20)27/h4-8,11,13,17,21,23H,3,9-10,12,14-15H2,1-2H3,(H,28,32)(H2,29,30,34)/t17-,21+,23-/m1/s1. The van der Waals surface area contributed by atoms with Crippen LogP contribution in [0.4, 0.5) is 20.6 Å². The summed E-state index contributed by atoms with van der Waals surface area (Å²) in [5.74, 6) is -0.484. The molecule has 0 aromatic heterocycles. The van der Waals surface area contributed by atoms with Crippen LogP contribution in [0.1, 0.15) is 43.0 Å². The number of fused-ring (bicyclic) bond motifs is 2. The molecule has 10 heteroatoms. The fourth-order valence-electron chi connectivity index (χ4n) is 4.50. The van der Waals surface area contributed by atoms with Crippen LogP contribution in [0.5, 0.6) is 5.75 Å². The van der Waals surface area contributed by atoms with Gasteiger partial charge in [-0.3, -0.25) is 9.59 Å². The van der Waals surface area contributed by atoms with Crippen LogP contribution in [0, 0.1) is 5.82 Å². The number of nitrogens with one attached hydrogen (secondary N) is 3. The Kier molecular flexibility index (Phi) is 8.04. The molecule has 36 heavy (non-hydrogen) atoms. The van der Waals surface area contributed by atoms with Gasteiger partial charge in [0, 0.05) is 19.3 Å². The largest absolute Gasteiger partial charge is 0.490 e. The number of carbonyl (C=O) groups is 3. The normalized spacial score (nSPS) is 21.2. The van der Waals surface area contributed by atoms with E-state index in [2.05, 4.69) is 16.0 Å². The zero-order valence-corrected chi connectivity index (χ0v) is 20.4. The molecule has 1 fully saturated rings.